The third-order valence-corrected chi connectivity index (χ3v) is 3.16. The molecule has 1 fully saturated rings. The topological polar surface area (TPSA) is 57.6 Å². The van der Waals surface area contributed by atoms with Crippen molar-refractivity contribution >= 4 is 11.8 Å². The highest BCUT2D eigenvalue weighted by atomic mass is 16.3. The molecule has 0 bridgehead atoms. The molecule has 1 aromatic rings. The zero-order valence-corrected chi connectivity index (χ0v) is 9.23. The monoisotopic (exact) mass is 219 g/mol. The number of phenols is 1. The number of carbonyl (C=O) groups is 2. The minimum atomic E-state index is -0.792. The van der Waals surface area contributed by atoms with E-state index in [1.54, 1.807) is 19.1 Å². The van der Waals surface area contributed by atoms with Gasteiger partial charge < -0.3 is 5.11 Å². The molecule has 2 rings (SSSR count). The SMILES string of the molecule is CN1C(=O)CC(C)(c2ccc(O)cc2)C1=O. The molecule has 1 atom stereocenters. The summed E-state index contributed by atoms with van der Waals surface area (Å²) in [5.41, 5.74) is -0.0347. The van der Waals surface area contributed by atoms with Crippen molar-refractivity contribution in [3.63, 3.8) is 0 Å². The third-order valence-electron chi connectivity index (χ3n) is 3.16. The summed E-state index contributed by atoms with van der Waals surface area (Å²) in [5, 5.41) is 9.19. The van der Waals surface area contributed by atoms with Crippen LogP contribution in [0.5, 0.6) is 5.75 Å². The van der Waals surface area contributed by atoms with Gasteiger partial charge in [0.2, 0.25) is 11.8 Å². The van der Waals surface area contributed by atoms with E-state index in [0.717, 1.165) is 10.5 Å². The first-order chi connectivity index (χ1) is 7.45. The zero-order valence-electron chi connectivity index (χ0n) is 9.23. The first-order valence-electron chi connectivity index (χ1n) is 5.05. The summed E-state index contributed by atoms with van der Waals surface area (Å²) < 4.78 is 0. The number of amides is 2. The highest BCUT2D eigenvalue weighted by molar-refractivity contribution is 6.08. The molecule has 1 aliphatic rings. The molecule has 1 N–H and O–H groups in total. The Morgan fingerprint density at radius 3 is 2.25 bits per heavy atom. The fourth-order valence-corrected chi connectivity index (χ4v) is 2.03. The molecule has 0 aliphatic carbocycles. The van der Waals surface area contributed by atoms with Crippen LogP contribution in [-0.2, 0) is 15.0 Å². The van der Waals surface area contributed by atoms with Crippen LogP contribution in [0, 0.1) is 0 Å². The van der Waals surface area contributed by atoms with Crippen molar-refractivity contribution in [1.29, 1.82) is 0 Å². The Kier molecular flexibility index (Phi) is 2.22. The average Bonchev–Trinajstić information content (AvgIpc) is 2.45. The number of aromatic hydroxyl groups is 1. The van der Waals surface area contributed by atoms with Crippen LogP contribution in [0.25, 0.3) is 0 Å². The lowest BCUT2D eigenvalue weighted by Gasteiger charge is -2.21. The van der Waals surface area contributed by atoms with Crippen molar-refractivity contribution in [3.05, 3.63) is 29.8 Å². The number of rotatable bonds is 1. The largest absolute Gasteiger partial charge is 0.508 e. The Bertz CT molecular complexity index is 452. The minimum absolute atomic E-state index is 0.150. The quantitative estimate of drug-likeness (QED) is 0.718. The van der Waals surface area contributed by atoms with Gasteiger partial charge >= 0.3 is 0 Å². The van der Waals surface area contributed by atoms with E-state index < -0.39 is 5.41 Å². The first-order valence-corrected chi connectivity index (χ1v) is 5.05. The van der Waals surface area contributed by atoms with Crippen molar-refractivity contribution in [1.82, 2.24) is 4.90 Å². The molecule has 4 heteroatoms. The standard InChI is InChI=1S/C12H13NO3/c1-12(7-10(15)13(2)11(12)16)8-3-5-9(14)6-4-8/h3-6,14H,7H2,1-2H3. The van der Waals surface area contributed by atoms with Gasteiger partial charge in [0, 0.05) is 13.5 Å². The van der Waals surface area contributed by atoms with E-state index in [2.05, 4.69) is 0 Å². The van der Waals surface area contributed by atoms with Gasteiger partial charge in [-0.1, -0.05) is 12.1 Å². The van der Waals surface area contributed by atoms with Crippen molar-refractivity contribution in [3.8, 4) is 5.75 Å². The van der Waals surface area contributed by atoms with Crippen LogP contribution in [0.15, 0.2) is 24.3 Å². The van der Waals surface area contributed by atoms with E-state index in [0.29, 0.717) is 0 Å². The Balaban J connectivity index is 2.44. The van der Waals surface area contributed by atoms with Gasteiger partial charge in [0.25, 0.3) is 0 Å². The molecule has 0 aromatic heterocycles. The highest BCUT2D eigenvalue weighted by Crippen LogP contribution is 2.35. The molecule has 1 aromatic carbocycles. The Labute approximate surface area is 93.5 Å². The first kappa shape index (κ1) is 10.7. The fraction of sp³-hybridized carbons (Fsp3) is 0.333. The summed E-state index contributed by atoms with van der Waals surface area (Å²) in [5.74, 6) is -0.207. The van der Waals surface area contributed by atoms with E-state index >= 15 is 0 Å². The van der Waals surface area contributed by atoms with Crippen molar-refractivity contribution in [2.75, 3.05) is 7.05 Å². The van der Waals surface area contributed by atoms with E-state index in [1.807, 2.05) is 0 Å². The molecule has 0 radical (unpaired) electrons. The minimum Gasteiger partial charge on any atom is -0.508 e. The predicted molar refractivity (Wildman–Crippen MR) is 57.9 cm³/mol. The highest BCUT2D eigenvalue weighted by Gasteiger charge is 2.47. The summed E-state index contributed by atoms with van der Waals surface area (Å²) in [6, 6.07) is 6.41. The molecule has 2 amide bonds. The number of benzene rings is 1. The van der Waals surface area contributed by atoms with Gasteiger partial charge in [-0.2, -0.15) is 0 Å². The number of phenolic OH excluding ortho intramolecular Hbond substituents is 1. The third kappa shape index (κ3) is 1.38. The Hall–Kier alpha value is -1.84. The van der Waals surface area contributed by atoms with Gasteiger partial charge in [-0.25, -0.2) is 0 Å². The second-order valence-electron chi connectivity index (χ2n) is 4.31. The summed E-state index contributed by atoms with van der Waals surface area (Å²) in [7, 11) is 1.50. The van der Waals surface area contributed by atoms with Gasteiger partial charge in [0.05, 0.1) is 5.41 Å². The van der Waals surface area contributed by atoms with Crippen LogP contribution < -0.4 is 0 Å². The fourth-order valence-electron chi connectivity index (χ4n) is 2.03. The van der Waals surface area contributed by atoms with E-state index in [4.69, 9.17) is 0 Å². The maximum atomic E-state index is 12.0. The molecule has 1 aliphatic heterocycles. The molecule has 1 saturated heterocycles. The number of likely N-dealkylation sites (N-methyl/N-ethyl adjacent to an activating group) is 1. The van der Waals surface area contributed by atoms with Gasteiger partial charge in [-0.3, -0.25) is 14.5 Å². The molecule has 4 nitrogen and oxygen atoms in total. The average molecular weight is 219 g/mol. The smallest absolute Gasteiger partial charge is 0.239 e. The van der Waals surface area contributed by atoms with Crippen molar-refractivity contribution in [2.45, 2.75) is 18.8 Å². The summed E-state index contributed by atoms with van der Waals surface area (Å²) >= 11 is 0. The van der Waals surface area contributed by atoms with Crippen molar-refractivity contribution in [2.24, 2.45) is 0 Å². The van der Waals surface area contributed by atoms with Crippen LogP contribution >= 0.6 is 0 Å². The number of carbonyl (C=O) groups excluding carboxylic acids is 2. The van der Waals surface area contributed by atoms with Gasteiger partial charge in [0.1, 0.15) is 5.75 Å². The lowest BCUT2D eigenvalue weighted by atomic mass is 9.81. The van der Waals surface area contributed by atoms with Crippen LogP contribution in [0.3, 0.4) is 0 Å². The molecule has 0 spiro atoms. The number of imide groups is 1. The predicted octanol–water partition coefficient (Wildman–Crippen LogP) is 1.04. The van der Waals surface area contributed by atoms with Crippen LogP contribution in [-0.4, -0.2) is 28.9 Å². The molecular formula is C12H13NO3. The number of hydrogen-bond donors (Lipinski definition) is 1. The Morgan fingerprint density at radius 1 is 1.25 bits per heavy atom. The van der Waals surface area contributed by atoms with Gasteiger partial charge in [0.15, 0.2) is 0 Å². The number of hydrogen-bond acceptors (Lipinski definition) is 3. The number of nitrogens with zero attached hydrogens (tertiary/aromatic N) is 1. The maximum absolute atomic E-state index is 12.0. The number of likely N-dealkylation sites (tertiary alicyclic amines) is 1. The second-order valence-corrected chi connectivity index (χ2v) is 4.31. The molecule has 1 heterocycles. The van der Waals surface area contributed by atoms with Gasteiger partial charge in [-0.15, -0.1) is 0 Å². The summed E-state index contributed by atoms with van der Waals surface area (Å²) in [6.45, 7) is 1.75. The summed E-state index contributed by atoms with van der Waals surface area (Å²) in [6.07, 6.45) is 0.188. The maximum Gasteiger partial charge on any atom is 0.239 e. The summed E-state index contributed by atoms with van der Waals surface area (Å²) in [4.78, 5) is 24.6. The van der Waals surface area contributed by atoms with Crippen LogP contribution in [0.1, 0.15) is 18.9 Å². The lowest BCUT2D eigenvalue weighted by molar-refractivity contribution is -0.138. The molecule has 1 unspecified atom stereocenters. The van der Waals surface area contributed by atoms with E-state index in [9.17, 15) is 14.7 Å². The van der Waals surface area contributed by atoms with E-state index in [-0.39, 0.29) is 24.0 Å². The molecule has 16 heavy (non-hydrogen) atoms. The van der Waals surface area contributed by atoms with Crippen LogP contribution in [0.2, 0.25) is 0 Å². The Morgan fingerprint density at radius 2 is 1.81 bits per heavy atom. The molecular weight excluding hydrogens is 206 g/mol. The van der Waals surface area contributed by atoms with Crippen molar-refractivity contribution < 1.29 is 14.7 Å². The normalized spacial score (nSPS) is 25.2. The zero-order chi connectivity index (χ0) is 11.9. The molecule has 0 saturated carbocycles. The second kappa shape index (κ2) is 3.33. The van der Waals surface area contributed by atoms with E-state index in [1.165, 1.54) is 19.2 Å². The van der Waals surface area contributed by atoms with Gasteiger partial charge in [-0.05, 0) is 24.6 Å². The lowest BCUT2D eigenvalue weighted by Crippen LogP contribution is -2.33. The van der Waals surface area contributed by atoms with Crippen LogP contribution in [0.4, 0.5) is 0 Å². The molecule has 84 valence electrons.